The number of hydrogen-bond acceptors (Lipinski definition) is 2. The SMILES string of the molecule is CCN(CCCc1ccccc1O)Cc1ccccc1. The fourth-order valence-corrected chi connectivity index (χ4v) is 2.41. The molecule has 2 aromatic carbocycles. The minimum Gasteiger partial charge on any atom is -0.508 e. The third-order valence-electron chi connectivity index (χ3n) is 3.61. The van der Waals surface area contributed by atoms with Crippen LogP contribution in [0.3, 0.4) is 0 Å². The van der Waals surface area contributed by atoms with Crippen LogP contribution in [0.2, 0.25) is 0 Å². The number of para-hydroxylation sites is 1. The van der Waals surface area contributed by atoms with E-state index in [4.69, 9.17) is 0 Å². The molecule has 0 atom stereocenters. The number of phenols is 1. The summed E-state index contributed by atoms with van der Waals surface area (Å²) in [5.74, 6) is 0.415. The van der Waals surface area contributed by atoms with Crippen molar-refractivity contribution in [1.82, 2.24) is 4.90 Å². The second-order valence-electron chi connectivity index (χ2n) is 5.09. The van der Waals surface area contributed by atoms with Crippen molar-refractivity contribution in [3.05, 3.63) is 65.7 Å². The first-order chi connectivity index (χ1) is 9.79. The van der Waals surface area contributed by atoms with Gasteiger partial charge in [0.25, 0.3) is 0 Å². The highest BCUT2D eigenvalue weighted by Gasteiger charge is 2.05. The molecule has 2 nitrogen and oxygen atoms in total. The van der Waals surface area contributed by atoms with E-state index in [1.54, 1.807) is 6.07 Å². The molecule has 0 heterocycles. The van der Waals surface area contributed by atoms with Gasteiger partial charge in [-0.05, 0) is 43.1 Å². The molecule has 0 aliphatic heterocycles. The van der Waals surface area contributed by atoms with Crippen molar-refractivity contribution in [2.24, 2.45) is 0 Å². The van der Waals surface area contributed by atoms with Crippen molar-refractivity contribution < 1.29 is 5.11 Å². The molecular weight excluding hydrogens is 246 g/mol. The van der Waals surface area contributed by atoms with Gasteiger partial charge in [0.2, 0.25) is 0 Å². The minimum absolute atomic E-state index is 0.415. The predicted octanol–water partition coefficient (Wildman–Crippen LogP) is 3.85. The van der Waals surface area contributed by atoms with Crippen molar-refractivity contribution in [1.29, 1.82) is 0 Å². The average Bonchev–Trinajstić information content (AvgIpc) is 2.49. The molecule has 0 radical (unpaired) electrons. The van der Waals surface area contributed by atoms with E-state index >= 15 is 0 Å². The monoisotopic (exact) mass is 269 g/mol. The number of rotatable bonds is 7. The highest BCUT2D eigenvalue weighted by molar-refractivity contribution is 5.31. The van der Waals surface area contributed by atoms with E-state index in [1.807, 2.05) is 18.2 Å². The molecule has 0 aromatic heterocycles. The molecule has 0 bridgehead atoms. The molecule has 0 aliphatic carbocycles. The molecule has 2 heteroatoms. The van der Waals surface area contributed by atoms with Crippen LogP contribution in [0.4, 0.5) is 0 Å². The zero-order valence-electron chi connectivity index (χ0n) is 12.1. The molecule has 0 unspecified atom stereocenters. The molecule has 0 fully saturated rings. The molecule has 0 amide bonds. The van der Waals surface area contributed by atoms with E-state index in [-0.39, 0.29) is 0 Å². The Balaban J connectivity index is 1.81. The predicted molar refractivity (Wildman–Crippen MR) is 83.8 cm³/mol. The highest BCUT2D eigenvalue weighted by atomic mass is 16.3. The fraction of sp³-hybridized carbons (Fsp3) is 0.333. The maximum atomic E-state index is 9.75. The van der Waals surface area contributed by atoms with Crippen LogP contribution in [0, 0.1) is 0 Å². The van der Waals surface area contributed by atoms with Gasteiger partial charge in [-0.3, -0.25) is 4.90 Å². The molecule has 106 valence electrons. The van der Waals surface area contributed by atoms with E-state index in [9.17, 15) is 5.11 Å². The Bertz CT molecular complexity index is 510. The molecule has 0 aliphatic rings. The molecular formula is C18H23NO. The van der Waals surface area contributed by atoms with Gasteiger partial charge in [-0.1, -0.05) is 55.5 Å². The van der Waals surface area contributed by atoms with Gasteiger partial charge in [0, 0.05) is 6.54 Å². The maximum Gasteiger partial charge on any atom is 0.118 e. The smallest absolute Gasteiger partial charge is 0.118 e. The van der Waals surface area contributed by atoms with Gasteiger partial charge in [0.05, 0.1) is 0 Å². The lowest BCUT2D eigenvalue weighted by molar-refractivity contribution is 0.276. The number of nitrogens with zero attached hydrogens (tertiary/aromatic N) is 1. The summed E-state index contributed by atoms with van der Waals surface area (Å²) in [5.41, 5.74) is 2.40. The lowest BCUT2D eigenvalue weighted by Gasteiger charge is -2.20. The number of aryl methyl sites for hydroxylation is 1. The number of aromatic hydroxyl groups is 1. The van der Waals surface area contributed by atoms with Gasteiger partial charge >= 0.3 is 0 Å². The highest BCUT2D eigenvalue weighted by Crippen LogP contribution is 2.17. The zero-order valence-corrected chi connectivity index (χ0v) is 12.1. The van der Waals surface area contributed by atoms with E-state index in [1.165, 1.54) is 5.56 Å². The van der Waals surface area contributed by atoms with Crippen molar-refractivity contribution >= 4 is 0 Å². The second-order valence-corrected chi connectivity index (χ2v) is 5.09. The Morgan fingerprint density at radius 2 is 1.65 bits per heavy atom. The van der Waals surface area contributed by atoms with Crippen LogP contribution in [0.5, 0.6) is 5.75 Å². The Labute approximate surface area is 121 Å². The van der Waals surface area contributed by atoms with Crippen LogP contribution in [0.15, 0.2) is 54.6 Å². The molecule has 0 saturated carbocycles. The van der Waals surface area contributed by atoms with Crippen LogP contribution < -0.4 is 0 Å². The van der Waals surface area contributed by atoms with Crippen LogP contribution >= 0.6 is 0 Å². The van der Waals surface area contributed by atoms with Gasteiger partial charge < -0.3 is 5.11 Å². The van der Waals surface area contributed by atoms with Gasteiger partial charge in [-0.25, -0.2) is 0 Å². The van der Waals surface area contributed by atoms with E-state index in [0.717, 1.165) is 38.0 Å². The quantitative estimate of drug-likeness (QED) is 0.825. The summed E-state index contributed by atoms with van der Waals surface area (Å²) in [7, 11) is 0. The Morgan fingerprint density at radius 1 is 0.950 bits per heavy atom. The Kier molecular flexibility index (Phi) is 5.63. The Morgan fingerprint density at radius 3 is 2.35 bits per heavy atom. The summed E-state index contributed by atoms with van der Waals surface area (Å²) in [5, 5.41) is 9.75. The summed E-state index contributed by atoms with van der Waals surface area (Å²) in [4.78, 5) is 2.44. The van der Waals surface area contributed by atoms with Crippen molar-refractivity contribution in [3.63, 3.8) is 0 Å². The van der Waals surface area contributed by atoms with Crippen LogP contribution in [-0.2, 0) is 13.0 Å². The largest absolute Gasteiger partial charge is 0.508 e. The lowest BCUT2D eigenvalue weighted by Crippen LogP contribution is -2.24. The van der Waals surface area contributed by atoms with Crippen LogP contribution in [0.25, 0.3) is 0 Å². The van der Waals surface area contributed by atoms with Gasteiger partial charge in [-0.2, -0.15) is 0 Å². The third-order valence-corrected chi connectivity index (χ3v) is 3.61. The van der Waals surface area contributed by atoms with Crippen molar-refractivity contribution in [2.45, 2.75) is 26.3 Å². The number of benzene rings is 2. The first-order valence-corrected chi connectivity index (χ1v) is 7.32. The summed E-state index contributed by atoms with van der Waals surface area (Å²) < 4.78 is 0. The molecule has 1 N–H and O–H groups in total. The van der Waals surface area contributed by atoms with Crippen LogP contribution in [0.1, 0.15) is 24.5 Å². The first-order valence-electron chi connectivity index (χ1n) is 7.32. The summed E-state index contributed by atoms with van der Waals surface area (Å²) in [6, 6.07) is 18.2. The maximum absolute atomic E-state index is 9.75. The summed E-state index contributed by atoms with van der Waals surface area (Å²) >= 11 is 0. The summed E-state index contributed by atoms with van der Waals surface area (Å²) in [6.45, 7) is 5.30. The molecule has 0 spiro atoms. The normalized spacial score (nSPS) is 10.9. The zero-order chi connectivity index (χ0) is 14.2. The Hall–Kier alpha value is -1.80. The fourth-order valence-electron chi connectivity index (χ4n) is 2.41. The standard InChI is InChI=1S/C18H23NO/c1-2-19(15-16-9-4-3-5-10-16)14-8-12-17-11-6-7-13-18(17)20/h3-7,9-11,13,20H,2,8,12,14-15H2,1H3. The van der Waals surface area contributed by atoms with Crippen molar-refractivity contribution in [3.8, 4) is 5.75 Å². The lowest BCUT2D eigenvalue weighted by atomic mass is 10.1. The van der Waals surface area contributed by atoms with E-state index in [2.05, 4.69) is 42.2 Å². The van der Waals surface area contributed by atoms with Crippen LogP contribution in [-0.4, -0.2) is 23.1 Å². The first kappa shape index (κ1) is 14.6. The van der Waals surface area contributed by atoms with Gasteiger partial charge in [0.15, 0.2) is 0 Å². The molecule has 20 heavy (non-hydrogen) atoms. The topological polar surface area (TPSA) is 23.5 Å². The third kappa shape index (κ3) is 4.39. The van der Waals surface area contributed by atoms with Crippen molar-refractivity contribution in [2.75, 3.05) is 13.1 Å². The van der Waals surface area contributed by atoms with Gasteiger partial charge in [-0.15, -0.1) is 0 Å². The summed E-state index contributed by atoms with van der Waals surface area (Å²) in [6.07, 6.45) is 2.00. The molecule has 2 aromatic rings. The van der Waals surface area contributed by atoms with E-state index in [0.29, 0.717) is 5.75 Å². The van der Waals surface area contributed by atoms with E-state index < -0.39 is 0 Å². The minimum atomic E-state index is 0.415. The number of hydrogen-bond donors (Lipinski definition) is 1. The molecule has 0 saturated heterocycles. The van der Waals surface area contributed by atoms with Gasteiger partial charge in [0.1, 0.15) is 5.75 Å². The molecule has 2 rings (SSSR count). The number of phenolic OH excluding ortho intramolecular Hbond substituents is 1. The second kappa shape index (κ2) is 7.71. The average molecular weight is 269 g/mol.